The first-order valence-corrected chi connectivity index (χ1v) is 9.70. The Hall–Kier alpha value is -2.77. The van der Waals surface area contributed by atoms with Crippen molar-refractivity contribution in [2.24, 2.45) is 0 Å². The van der Waals surface area contributed by atoms with E-state index in [0.717, 1.165) is 11.3 Å². The normalized spacial score (nSPS) is 10.5. The first-order valence-electron chi connectivity index (χ1n) is 9.32. The van der Waals surface area contributed by atoms with E-state index in [9.17, 15) is 9.59 Å². The van der Waals surface area contributed by atoms with E-state index in [1.807, 2.05) is 55.1 Å². The molecule has 0 aliphatic rings. The van der Waals surface area contributed by atoms with Crippen LogP contribution in [0.5, 0.6) is 5.75 Å². The van der Waals surface area contributed by atoms with Crippen LogP contribution in [-0.2, 0) is 16.1 Å². The Labute approximate surface area is 176 Å². The number of likely N-dealkylation sites (N-methyl/N-ethyl adjacent to an activating group) is 1. The van der Waals surface area contributed by atoms with Crippen LogP contribution in [-0.4, -0.2) is 50.5 Å². The molecule has 0 saturated heterocycles. The summed E-state index contributed by atoms with van der Waals surface area (Å²) in [5, 5.41) is 0.586. The van der Waals surface area contributed by atoms with Gasteiger partial charge in [-0.1, -0.05) is 30.7 Å². The number of hydrogen-bond donors (Lipinski definition) is 2. The van der Waals surface area contributed by atoms with Crippen molar-refractivity contribution < 1.29 is 14.3 Å². The molecule has 156 valence electrons. The first kappa shape index (κ1) is 22.5. The number of benzene rings is 2. The molecule has 7 nitrogen and oxygen atoms in total. The molecular formula is C21H27ClN4O3. The molecule has 0 aromatic heterocycles. The maximum atomic E-state index is 12.1. The summed E-state index contributed by atoms with van der Waals surface area (Å²) in [4.78, 5) is 28.0. The van der Waals surface area contributed by atoms with E-state index in [1.54, 1.807) is 24.3 Å². The maximum Gasteiger partial charge on any atom is 0.276 e. The van der Waals surface area contributed by atoms with Gasteiger partial charge in [-0.05, 0) is 48.5 Å². The lowest BCUT2D eigenvalue weighted by Crippen LogP contribution is -2.47. The summed E-state index contributed by atoms with van der Waals surface area (Å²) in [6, 6.07) is 14.9. The number of nitrogens with zero attached hydrogens (tertiary/aromatic N) is 2. The minimum Gasteiger partial charge on any atom is -0.484 e. The minimum absolute atomic E-state index is 0.171. The molecule has 2 aromatic rings. The predicted molar refractivity (Wildman–Crippen MR) is 115 cm³/mol. The molecule has 0 bridgehead atoms. The Kier molecular flexibility index (Phi) is 8.76. The maximum absolute atomic E-state index is 12.1. The fourth-order valence-electron chi connectivity index (χ4n) is 2.54. The summed E-state index contributed by atoms with van der Waals surface area (Å²) in [5.74, 6) is -0.222. The Bertz CT molecular complexity index is 795. The standard InChI is InChI=1S/C21H27ClN4O3/c1-4-26(13-16-5-9-18(10-6-16)25(2)3)14-20(27)23-24-21(28)15-29-19-11-7-17(22)8-12-19/h5-12H,4,13-15H2,1-3H3,(H,23,27)(H,24,28). The van der Waals surface area contributed by atoms with Crippen molar-refractivity contribution in [2.45, 2.75) is 13.5 Å². The van der Waals surface area contributed by atoms with Crippen LogP contribution in [0.25, 0.3) is 0 Å². The van der Waals surface area contributed by atoms with Crippen molar-refractivity contribution in [1.29, 1.82) is 0 Å². The van der Waals surface area contributed by atoms with Gasteiger partial charge in [0.25, 0.3) is 11.8 Å². The van der Waals surface area contributed by atoms with E-state index < -0.39 is 5.91 Å². The van der Waals surface area contributed by atoms with Gasteiger partial charge in [0.15, 0.2) is 6.61 Å². The van der Waals surface area contributed by atoms with Gasteiger partial charge in [-0.15, -0.1) is 0 Å². The average Bonchev–Trinajstić information content (AvgIpc) is 2.71. The summed E-state index contributed by atoms with van der Waals surface area (Å²) in [5.41, 5.74) is 7.01. The number of rotatable bonds is 9. The largest absolute Gasteiger partial charge is 0.484 e. The summed E-state index contributed by atoms with van der Waals surface area (Å²) < 4.78 is 5.33. The number of carbonyl (C=O) groups is 2. The van der Waals surface area contributed by atoms with Gasteiger partial charge >= 0.3 is 0 Å². The lowest BCUT2D eigenvalue weighted by molar-refractivity contribution is -0.130. The molecule has 2 amide bonds. The molecule has 2 aromatic carbocycles. The van der Waals surface area contributed by atoms with Gasteiger partial charge in [0.2, 0.25) is 0 Å². The van der Waals surface area contributed by atoms with Crippen molar-refractivity contribution in [3.63, 3.8) is 0 Å². The SMILES string of the molecule is CCN(CC(=O)NNC(=O)COc1ccc(Cl)cc1)Cc1ccc(N(C)C)cc1. The van der Waals surface area contributed by atoms with Crippen LogP contribution in [0.4, 0.5) is 5.69 Å². The van der Waals surface area contributed by atoms with Gasteiger partial charge in [-0.3, -0.25) is 25.3 Å². The summed E-state index contributed by atoms with van der Waals surface area (Å²) in [6.07, 6.45) is 0. The number of anilines is 1. The molecule has 0 radical (unpaired) electrons. The van der Waals surface area contributed by atoms with Crippen molar-refractivity contribution in [2.75, 3.05) is 38.7 Å². The molecule has 0 saturated carbocycles. The third-order valence-corrected chi connectivity index (χ3v) is 4.45. The zero-order valence-electron chi connectivity index (χ0n) is 16.9. The number of nitrogens with one attached hydrogen (secondary N) is 2. The van der Waals surface area contributed by atoms with Gasteiger partial charge < -0.3 is 9.64 Å². The second-order valence-electron chi connectivity index (χ2n) is 6.70. The van der Waals surface area contributed by atoms with Gasteiger partial charge in [0, 0.05) is 31.4 Å². The number of ether oxygens (including phenoxy) is 1. The fourth-order valence-corrected chi connectivity index (χ4v) is 2.66. The lowest BCUT2D eigenvalue weighted by atomic mass is 10.2. The molecule has 2 rings (SSSR count). The van der Waals surface area contributed by atoms with E-state index in [2.05, 4.69) is 10.9 Å². The topological polar surface area (TPSA) is 73.9 Å². The summed E-state index contributed by atoms with van der Waals surface area (Å²) in [7, 11) is 3.99. The molecular weight excluding hydrogens is 392 g/mol. The van der Waals surface area contributed by atoms with Crippen LogP contribution in [0, 0.1) is 0 Å². The highest BCUT2D eigenvalue weighted by atomic mass is 35.5. The second-order valence-corrected chi connectivity index (χ2v) is 7.14. The highest BCUT2D eigenvalue weighted by Gasteiger charge is 2.11. The lowest BCUT2D eigenvalue weighted by Gasteiger charge is -2.20. The smallest absolute Gasteiger partial charge is 0.276 e. The van der Waals surface area contributed by atoms with Gasteiger partial charge in [-0.2, -0.15) is 0 Å². The summed E-state index contributed by atoms with van der Waals surface area (Å²) in [6.45, 7) is 3.30. The van der Waals surface area contributed by atoms with Crippen molar-refractivity contribution in [1.82, 2.24) is 15.8 Å². The average molecular weight is 419 g/mol. The molecule has 0 unspecified atom stereocenters. The number of amides is 2. The molecule has 0 aliphatic carbocycles. The van der Waals surface area contributed by atoms with Crippen LogP contribution >= 0.6 is 11.6 Å². The molecule has 0 atom stereocenters. The third kappa shape index (κ3) is 8.01. The number of carbonyl (C=O) groups excluding carboxylic acids is 2. The van der Waals surface area contributed by atoms with E-state index in [1.165, 1.54) is 0 Å². The minimum atomic E-state index is -0.448. The molecule has 8 heteroatoms. The fraction of sp³-hybridized carbons (Fsp3) is 0.333. The molecule has 0 spiro atoms. The quantitative estimate of drug-likeness (QED) is 0.612. The van der Waals surface area contributed by atoms with Crippen LogP contribution < -0.4 is 20.5 Å². The van der Waals surface area contributed by atoms with E-state index >= 15 is 0 Å². The summed E-state index contributed by atoms with van der Waals surface area (Å²) >= 11 is 5.79. The Morgan fingerprint density at radius 1 is 0.966 bits per heavy atom. The Morgan fingerprint density at radius 3 is 2.17 bits per heavy atom. The third-order valence-electron chi connectivity index (χ3n) is 4.20. The highest BCUT2D eigenvalue weighted by Crippen LogP contribution is 2.15. The van der Waals surface area contributed by atoms with Gasteiger partial charge in [-0.25, -0.2) is 0 Å². The van der Waals surface area contributed by atoms with Crippen molar-refractivity contribution in [3.8, 4) is 5.75 Å². The number of halogens is 1. The van der Waals surface area contributed by atoms with Crippen LogP contribution in [0.1, 0.15) is 12.5 Å². The van der Waals surface area contributed by atoms with Crippen molar-refractivity contribution in [3.05, 3.63) is 59.1 Å². The monoisotopic (exact) mass is 418 g/mol. The Balaban J connectivity index is 1.73. The molecule has 0 fully saturated rings. The first-order chi connectivity index (χ1) is 13.9. The van der Waals surface area contributed by atoms with Gasteiger partial charge in [0.05, 0.1) is 6.54 Å². The van der Waals surface area contributed by atoms with Crippen LogP contribution in [0.2, 0.25) is 5.02 Å². The molecule has 0 aliphatic heterocycles. The van der Waals surface area contributed by atoms with Crippen LogP contribution in [0.15, 0.2) is 48.5 Å². The Morgan fingerprint density at radius 2 is 1.59 bits per heavy atom. The van der Waals surface area contributed by atoms with Crippen LogP contribution in [0.3, 0.4) is 0 Å². The number of hydrazine groups is 1. The van der Waals surface area contributed by atoms with Crippen molar-refractivity contribution >= 4 is 29.1 Å². The molecule has 2 N–H and O–H groups in total. The zero-order chi connectivity index (χ0) is 21.2. The van der Waals surface area contributed by atoms with Gasteiger partial charge in [0.1, 0.15) is 5.75 Å². The predicted octanol–water partition coefficient (Wildman–Crippen LogP) is 2.45. The number of hydrogen-bond acceptors (Lipinski definition) is 5. The highest BCUT2D eigenvalue weighted by molar-refractivity contribution is 6.30. The van der Waals surface area contributed by atoms with E-state index in [-0.39, 0.29) is 19.1 Å². The van der Waals surface area contributed by atoms with E-state index in [4.69, 9.17) is 16.3 Å². The second kappa shape index (κ2) is 11.3. The zero-order valence-corrected chi connectivity index (χ0v) is 17.7. The molecule has 29 heavy (non-hydrogen) atoms. The molecule has 0 heterocycles. The van der Waals surface area contributed by atoms with E-state index in [0.29, 0.717) is 23.9 Å².